The van der Waals surface area contributed by atoms with E-state index in [1.807, 2.05) is 6.07 Å². The smallest absolute Gasteiger partial charge is 0.231 e. The lowest BCUT2D eigenvalue weighted by Crippen LogP contribution is -2.44. The Morgan fingerprint density at radius 1 is 0.811 bits per heavy atom. The SMILES string of the molecule is CCCCCCCCCCCCc1c2c(OC)c(OC)ccc2cc2[n+]1CCc1cc3c(cc1-2)OCO3. The molecule has 5 rings (SSSR count). The Kier molecular flexibility index (Phi) is 8.38. The second kappa shape index (κ2) is 12.1. The van der Waals surface area contributed by atoms with Crippen LogP contribution in [0.3, 0.4) is 0 Å². The third-order valence-corrected chi connectivity index (χ3v) is 8.02. The van der Waals surface area contributed by atoms with E-state index in [1.165, 1.54) is 97.5 Å². The minimum Gasteiger partial charge on any atom is -0.493 e. The first-order chi connectivity index (χ1) is 18.2. The summed E-state index contributed by atoms with van der Waals surface area (Å²) in [4.78, 5) is 0. The molecule has 198 valence electrons. The number of pyridine rings is 1. The number of aryl methyl sites for hydroxylation is 2. The van der Waals surface area contributed by atoms with Crippen LogP contribution in [0.4, 0.5) is 0 Å². The number of rotatable bonds is 13. The van der Waals surface area contributed by atoms with E-state index in [0.29, 0.717) is 6.79 Å². The summed E-state index contributed by atoms with van der Waals surface area (Å²) >= 11 is 0. The molecule has 0 N–H and O–H groups in total. The molecule has 0 saturated carbocycles. The Morgan fingerprint density at radius 3 is 2.22 bits per heavy atom. The monoisotopic (exact) mass is 504 g/mol. The van der Waals surface area contributed by atoms with Gasteiger partial charge in [-0.3, -0.25) is 0 Å². The second-order valence-electron chi connectivity index (χ2n) is 10.4. The van der Waals surface area contributed by atoms with Crippen molar-refractivity contribution in [3.8, 4) is 34.3 Å². The van der Waals surface area contributed by atoms with Crippen molar-refractivity contribution in [2.75, 3.05) is 21.0 Å². The predicted molar refractivity (Wildman–Crippen MR) is 148 cm³/mol. The lowest BCUT2D eigenvalue weighted by atomic mass is 9.92. The minimum absolute atomic E-state index is 0.303. The molecule has 5 heteroatoms. The summed E-state index contributed by atoms with van der Waals surface area (Å²) in [6.07, 6.45) is 15.4. The van der Waals surface area contributed by atoms with E-state index >= 15 is 0 Å². The van der Waals surface area contributed by atoms with Crippen LogP contribution in [0.5, 0.6) is 23.0 Å². The summed E-state index contributed by atoms with van der Waals surface area (Å²) in [5.41, 5.74) is 5.18. The van der Waals surface area contributed by atoms with Crippen molar-refractivity contribution in [1.82, 2.24) is 0 Å². The molecule has 3 heterocycles. The van der Waals surface area contributed by atoms with Gasteiger partial charge in [-0.2, -0.15) is 4.57 Å². The number of hydrogen-bond donors (Lipinski definition) is 0. The van der Waals surface area contributed by atoms with Gasteiger partial charge in [-0.15, -0.1) is 0 Å². The summed E-state index contributed by atoms with van der Waals surface area (Å²) in [6.45, 7) is 3.54. The summed E-state index contributed by atoms with van der Waals surface area (Å²) in [5.74, 6) is 3.34. The van der Waals surface area contributed by atoms with Crippen LogP contribution in [0.25, 0.3) is 22.0 Å². The Bertz CT molecular complexity index is 1240. The lowest BCUT2D eigenvalue weighted by molar-refractivity contribution is -0.693. The van der Waals surface area contributed by atoms with Gasteiger partial charge in [0.15, 0.2) is 35.2 Å². The van der Waals surface area contributed by atoms with E-state index in [4.69, 9.17) is 18.9 Å². The number of benzene rings is 2. The Morgan fingerprint density at radius 2 is 1.51 bits per heavy atom. The highest BCUT2D eigenvalue weighted by molar-refractivity contribution is 5.94. The van der Waals surface area contributed by atoms with Gasteiger partial charge in [0.2, 0.25) is 12.5 Å². The third-order valence-electron chi connectivity index (χ3n) is 8.02. The molecule has 0 radical (unpaired) electrons. The fourth-order valence-electron chi connectivity index (χ4n) is 6.05. The van der Waals surface area contributed by atoms with E-state index in [9.17, 15) is 0 Å². The van der Waals surface area contributed by atoms with Gasteiger partial charge < -0.3 is 18.9 Å². The standard InChI is InChI=1S/C32H42NO4/c1-4-5-6-7-8-9-10-11-12-13-14-26-31-24(15-16-28(34-2)32(31)35-3)19-27-25-21-30-29(36-22-37-30)20-23(25)17-18-33(26)27/h15-16,19-21H,4-14,17-18,22H2,1-3H3/q+1. The molecular weight excluding hydrogens is 462 g/mol. The molecule has 5 nitrogen and oxygen atoms in total. The van der Waals surface area contributed by atoms with Gasteiger partial charge in [0.25, 0.3) is 0 Å². The molecule has 0 bridgehead atoms. The van der Waals surface area contributed by atoms with E-state index in [-0.39, 0.29) is 0 Å². The summed E-state index contributed by atoms with van der Waals surface area (Å²) < 4.78 is 25.5. The van der Waals surface area contributed by atoms with Crippen LogP contribution >= 0.6 is 0 Å². The number of hydrogen-bond acceptors (Lipinski definition) is 4. The highest BCUT2D eigenvalue weighted by Gasteiger charge is 2.32. The summed E-state index contributed by atoms with van der Waals surface area (Å²) in [5, 5.41) is 2.38. The number of aromatic nitrogens is 1. The van der Waals surface area contributed by atoms with Crippen LogP contribution in [0.2, 0.25) is 0 Å². The Balaban J connectivity index is 1.41. The average Bonchev–Trinajstić information content (AvgIpc) is 3.39. The fraction of sp³-hybridized carbons (Fsp3) is 0.531. The molecule has 37 heavy (non-hydrogen) atoms. The van der Waals surface area contributed by atoms with Crippen molar-refractivity contribution < 1.29 is 23.5 Å². The first-order valence-electron chi connectivity index (χ1n) is 14.3. The Labute approximate surface area is 221 Å². The van der Waals surface area contributed by atoms with E-state index in [1.54, 1.807) is 14.2 Å². The Hall–Kier alpha value is -2.95. The maximum Gasteiger partial charge on any atom is 0.231 e. The predicted octanol–water partition coefficient (Wildman–Crippen LogP) is 7.56. The molecule has 0 saturated heterocycles. The van der Waals surface area contributed by atoms with E-state index in [2.05, 4.69) is 35.8 Å². The molecule has 0 spiro atoms. The van der Waals surface area contributed by atoms with E-state index < -0.39 is 0 Å². The highest BCUT2D eigenvalue weighted by atomic mass is 16.7. The molecule has 0 unspecified atom stereocenters. The van der Waals surface area contributed by atoms with Crippen molar-refractivity contribution in [1.29, 1.82) is 0 Å². The number of nitrogens with zero attached hydrogens (tertiary/aromatic N) is 1. The van der Waals surface area contributed by atoms with Crippen molar-refractivity contribution in [3.63, 3.8) is 0 Å². The van der Waals surface area contributed by atoms with Crippen molar-refractivity contribution in [3.05, 3.63) is 41.6 Å². The molecule has 0 amide bonds. The van der Waals surface area contributed by atoms with Gasteiger partial charge in [-0.25, -0.2) is 0 Å². The summed E-state index contributed by atoms with van der Waals surface area (Å²) in [7, 11) is 3.47. The third kappa shape index (κ3) is 5.37. The maximum absolute atomic E-state index is 5.94. The highest BCUT2D eigenvalue weighted by Crippen LogP contribution is 2.43. The quantitative estimate of drug-likeness (QED) is 0.178. The normalized spacial score (nSPS) is 13.5. The molecule has 2 aromatic carbocycles. The molecular formula is C32H42NO4+. The number of unbranched alkanes of at least 4 members (excludes halogenated alkanes) is 9. The zero-order chi connectivity index (χ0) is 25.6. The topological polar surface area (TPSA) is 40.8 Å². The van der Waals surface area contributed by atoms with Crippen LogP contribution in [0.15, 0.2) is 30.3 Å². The molecule has 3 aromatic rings. The second-order valence-corrected chi connectivity index (χ2v) is 10.4. The minimum atomic E-state index is 0.303. The van der Waals surface area contributed by atoms with Crippen molar-refractivity contribution in [2.45, 2.75) is 90.5 Å². The first kappa shape index (κ1) is 25.7. The van der Waals surface area contributed by atoms with E-state index in [0.717, 1.165) is 42.4 Å². The first-order valence-corrected chi connectivity index (χ1v) is 14.3. The van der Waals surface area contributed by atoms with Crippen LogP contribution in [0.1, 0.15) is 82.4 Å². The molecule has 0 aliphatic carbocycles. The largest absolute Gasteiger partial charge is 0.493 e. The fourth-order valence-corrected chi connectivity index (χ4v) is 6.05. The van der Waals surface area contributed by atoms with Gasteiger partial charge >= 0.3 is 0 Å². The van der Waals surface area contributed by atoms with Crippen LogP contribution in [-0.4, -0.2) is 21.0 Å². The molecule has 0 atom stereocenters. The molecule has 0 fully saturated rings. The average molecular weight is 505 g/mol. The molecule has 1 aromatic heterocycles. The van der Waals surface area contributed by atoms with Crippen LogP contribution in [0, 0.1) is 0 Å². The van der Waals surface area contributed by atoms with Gasteiger partial charge in [-0.05, 0) is 41.6 Å². The molecule has 2 aliphatic heterocycles. The van der Waals surface area contributed by atoms with Gasteiger partial charge in [0.1, 0.15) is 0 Å². The summed E-state index contributed by atoms with van der Waals surface area (Å²) in [6, 6.07) is 10.8. The zero-order valence-corrected chi connectivity index (χ0v) is 22.9. The number of fused-ring (bicyclic) bond motifs is 5. The van der Waals surface area contributed by atoms with Gasteiger partial charge in [-0.1, -0.05) is 64.7 Å². The lowest BCUT2D eigenvalue weighted by Gasteiger charge is -2.20. The maximum atomic E-state index is 5.94. The van der Waals surface area contributed by atoms with Crippen molar-refractivity contribution >= 4 is 10.8 Å². The molecule has 2 aliphatic rings. The van der Waals surface area contributed by atoms with Crippen LogP contribution in [-0.2, 0) is 19.4 Å². The van der Waals surface area contributed by atoms with Crippen molar-refractivity contribution in [2.24, 2.45) is 0 Å². The number of methoxy groups -OCH3 is 2. The van der Waals surface area contributed by atoms with Crippen LogP contribution < -0.4 is 23.5 Å². The number of ether oxygens (including phenoxy) is 4. The van der Waals surface area contributed by atoms with Gasteiger partial charge in [0, 0.05) is 18.9 Å². The zero-order valence-electron chi connectivity index (χ0n) is 22.9. The van der Waals surface area contributed by atoms with Gasteiger partial charge in [0.05, 0.1) is 25.2 Å².